The molecule has 200 valence electrons. The Balaban J connectivity index is 1.66. The first-order chi connectivity index (χ1) is 18.9. The van der Waals surface area contributed by atoms with E-state index >= 15 is 0 Å². The van der Waals surface area contributed by atoms with Crippen LogP contribution in [-0.4, -0.2) is 16.8 Å². The Labute approximate surface area is 228 Å². The van der Waals surface area contributed by atoms with Crippen molar-refractivity contribution in [2.24, 2.45) is 0 Å². The van der Waals surface area contributed by atoms with E-state index in [0.717, 1.165) is 12.1 Å². The quantitative estimate of drug-likeness (QED) is 0.269. The van der Waals surface area contributed by atoms with Gasteiger partial charge in [0.2, 0.25) is 0 Å². The third-order valence-electron chi connectivity index (χ3n) is 6.20. The Bertz CT molecular complexity index is 1730. The van der Waals surface area contributed by atoms with Gasteiger partial charge >= 0.3 is 6.18 Å². The number of carbonyl (C=O) groups is 2. The SMILES string of the molecule is N#Cc1ccc(-c2cc(NC(=O)c3cc(F)cc(C(F)(F)F)c3)c3c(c2)C(=O)N[C@@H]3c2cc(F)ccc2Cl)cn1. The molecule has 1 atom stereocenters. The van der Waals surface area contributed by atoms with E-state index in [1.807, 2.05) is 6.07 Å². The highest BCUT2D eigenvalue weighted by atomic mass is 35.5. The lowest BCUT2D eigenvalue weighted by atomic mass is 9.93. The summed E-state index contributed by atoms with van der Waals surface area (Å²) in [6.45, 7) is 0. The standard InChI is InChI=1S/C28H14ClF5N4O2/c29-22-4-2-17(30)10-20(22)25-24-21(27(40)38-25)7-14(13-1-3-19(11-35)36-12-13)8-23(24)37-26(39)15-5-16(28(32,33)34)9-18(31)6-15/h1-10,12,25H,(H,37,39)(H,38,40)/t25-/m1/s1. The lowest BCUT2D eigenvalue weighted by molar-refractivity contribution is -0.137. The molecule has 0 aliphatic carbocycles. The molecule has 40 heavy (non-hydrogen) atoms. The molecule has 0 unspecified atom stereocenters. The van der Waals surface area contributed by atoms with Gasteiger partial charge in [-0.1, -0.05) is 11.6 Å². The van der Waals surface area contributed by atoms with E-state index in [4.69, 9.17) is 16.9 Å². The number of alkyl halides is 3. The largest absolute Gasteiger partial charge is 0.416 e. The number of nitrogens with zero attached hydrogens (tertiary/aromatic N) is 2. The molecule has 2 N–H and O–H groups in total. The molecular weight excluding hydrogens is 555 g/mol. The molecule has 6 nitrogen and oxygen atoms in total. The van der Waals surface area contributed by atoms with E-state index in [9.17, 15) is 31.5 Å². The smallest absolute Gasteiger partial charge is 0.341 e. The van der Waals surface area contributed by atoms with Crippen LogP contribution in [0.4, 0.5) is 27.6 Å². The summed E-state index contributed by atoms with van der Waals surface area (Å²) in [5.74, 6) is -3.61. The molecule has 1 aliphatic heterocycles. The average Bonchev–Trinajstić information content (AvgIpc) is 3.25. The Morgan fingerprint density at radius 2 is 1.77 bits per heavy atom. The van der Waals surface area contributed by atoms with Crippen molar-refractivity contribution in [3.05, 3.63) is 117 Å². The van der Waals surface area contributed by atoms with Crippen molar-refractivity contribution >= 4 is 29.1 Å². The van der Waals surface area contributed by atoms with Gasteiger partial charge < -0.3 is 10.6 Å². The van der Waals surface area contributed by atoms with Crippen LogP contribution >= 0.6 is 11.6 Å². The van der Waals surface area contributed by atoms with Gasteiger partial charge in [-0.2, -0.15) is 18.4 Å². The van der Waals surface area contributed by atoms with E-state index in [-0.39, 0.29) is 39.2 Å². The molecule has 0 radical (unpaired) electrons. The van der Waals surface area contributed by atoms with Crippen LogP contribution in [0.15, 0.2) is 66.9 Å². The number of halogens is 6. The Morgan fingerprint density at radius 3 is 2.45 bits per heavy atom. The zero-order valence-corrected chi connectivity index (χ0v) is 20.7. The molecule has 2 amide bonds. The Hall–Kier alpha value is -4.82. The molecule has 0 saturated heterocycles. The number of fused-ring (bicyclic) bond motifs is 1. The summed E-state index contributed by atoms with van der Waals surface area (Å²) in [6, 6.07) is 11.7. The number of pyridine rings is 1. The summed E-state index contributed by atoms with van der Waals surface area (Å²) in [5.41, 5.74) is -0.661. The van der Waals surface area contributed by atoms with Crippen LogP contribution in [0.1, 0.15) is 49.1 Å². The summed E-state index contributed by atoms with van der Waals surface area (Å²) in [5, 5.41) is 14.3. The first-order valence-corrected chi connectivity index (χ1v) is 11.8. The summed E-state index contributed by atoms with van der Waals surface area (Å²) in [4.78, 5) is 30.2. The van der Waals surface area contributed by atoms with Gasteiger partial charge in [0.25, 0.3) is 11.8 Å². The highest BCUT2D eigenvalue weighted by Crippen LogP contribution is 2.42. The molecule has 1 aliphatic rings. The van der Waals surface area contributed by atoms with Crippen LogP contribution < -0.4 is 10.6 Å². The lowest BCUT2D eigenvalue weighted by Gasteiger charge is -2.19. The van der Waals surface area contributed by atoms with Crippen LogP contribution in [0.5, 0.6) is 0 Å². The number of nitrogens with one attached hydrogen (secondary N) is 2. The normalized spacial score (nSPS) is 14.3. The van der Waals surface area contributed by atoms with Crippen molar-refractivity contribution in [2.75, 3.05) is 5.32 Å². The average molecular weight is 569 g/mol. The fraction of sp³-hybridized carbons (Fsp3) is 0.0714. The second-order valence-corrected chi connectivity index (χ2v) is 9.19. The summed E-state index contributed by atoms with van der Waals surface area (Å²) in [6.07, 6.45) is -3.54. The third kappa shape index (κ3) is 5.09. The summed E-state index contributed by atoms with van der Waals surface area (Å²) >= 11 is 6.29. The van der Waals surface area contributed by atoms with Gasteiger partial charge in [-0.15, -0.1) is 0 Å². The van der Waals surface area contributed by atoms with Gasteiger partial charge in [-0.05, 0) is 66.2 Å². The second kappa shape index (κ2) is 10.1. The van der Waals surface area contributed by atoms with Gasteiger partial charge in [0, 0.05) is 44.7 Å². The predicted molar refractivity (Wildman–Crippen MR) is 134 cm³/mol. The monoisotopic (exact) mass is 568 g/mol. The van der Waals surface area contributed by atoms with Crippen molar-refractivity contribution in [1.82, 2.24) is 10.3 Å². The first-order valence-electron chi connectivity index (χ1n) is 11.4. The maximum absolute atomic E-state index is 14.1. The minimum atomic E-state index is -4.91. The molecule has 0 spiro atoms. The molecule has 3 aromatic carbocycles. The maximum atomic E-state index is 14.1. The fourth-order valence-corrected chi connectivity index (χ4v) is 4.61. The van der Waals surface area contributed by atoms with Crippen molar-refractivity contribution in [2.45, 2.75) is 12.2 Å². The van der Waals surface area contributed by atoms with E-state index in [0.29, 0.717) is 23.3 Å². The zero-order chi connectivity index (χ0) is 28.8. The number of rotatable bonds is 4. The van der Waals surface area contributed by atoms with Crippen molar-refractivity contribution in [3.63, 3.8) is 0 Å². The highest BCUT2D eigenvalue weighted by Gasteiger charge is 2.36. The van der Waals surface area contributed by atoms with Crippen LogP contribution in [0.2, 0.25) is 5.02 Å². The van der Waals surface area contributed by atoms with E-state index in [2.05, 4.69) is 15.6 Å². The molecule has 4 aromatic rings. The van der Waals surface area contributed by atoms with Crippen LogP contribution in [0, 0.1) is 23.0 Å². The fourth-order valence-electron chi connectivity index (χ4n) is 4.38. The number of anilines is 1. The topological polar surface area (TPSA) is 94.9 Å². The first kappa shape index (κ1) is 26.8. The predicted octanol–water partition coefficient (Wildman–Crippen LogP) is 6.66. The molecule has 1 aromatic heterocycles. The number of hydrogen-bond donors (Lipinski definition) is 2. The number of aromatic nitrogens is 1. The number of hydrogen-bond acceptors (Lipinski definition) is 4. The van der Waals surface area contributed by atoms with Gasteiger partial charge in [0.05, 0.1) is 11.6 Å². The second-order valence-electron chi connectivity index (χ2n) is 8.78. The minimum Gasteiger partial charge on any atom is -0.341 e. The van der Waals surface area contributed by atoms with Crippen molar-refractivity contribution < 1.29 is 31.5 Å². The maximum Gasteiger partial charge on any atom is 0.416 e. The van der Waals surface area contributed by atoms with Gasteiger partial charge in [0.15, 0.2) is 0 Å². The minimum absolute atomic E-state index is 0.0247. The number of amides is 2. The highest BCUT2D eigenvalue weighted by molar-refractivity contribution is 6.31. The molecule has 2 heterocycles. The number of benzene rings is 3. The summed E-state index contributed by atoms with van der Waals surface area (Å²) in [7, 11) is 0. The van der Waals surface area contributed by atoms with Gasteiger partial charge in [0.1, 0.15) is 23.4 Å². The van der Waals surface area contributed by atoms with E-state index < -0.39 is 46.8 Å². The molecule has 0 bridgehead atoms. The summed E-state index contributed by atoms with van der Waals surface area (Å²) < 4.78 is 67.9. The molecular formula is C28H14ClF5N4O2. The molecule has 0 saturated carbocycles. The molecule has 12 heteroatoms. The lowest BCUT2D eigenvalue weighted by Crippen LogP contribution is -2.21. The van der Waals surface area contributed by atoms with E-state index in [1.54, 1.807) is 6.07 Å². The Morgan fingerprint density at radius 1 is 1.00 bits per heavy atom. The van der Waals surface area contributed by atoms with Gasteiger partial charge in [-0.3, -0.25) is 9.59 Å². The van der Waals surface area contributed by atoms with E-state index in [1.165, 1.54) is 30.5 Å². The van der Waals surface area contributed by atoms with Crippen molar-refractivity contribution in [1.29, 1.82) is 5.26 Å². The van der Waals surface area contributed by atoms with Crippen LogP contribution in [-0.2, 0) is 6.18 Å². The number of nitriles is 1. The molecule has 0 fully saturated rings. The molecule has 5 rings (SSSR count). The van der Waals surface area contributed by atoms with Crippen LogP contribution in [0.25, 0.3) is 11.1 Å². The zero-order valence-electron chi connectivity index (χ0n) is 19.9. The van der Waals surface area contributed by atoms with Crippen molar-refractivity contribution in [3.8, 4) is 17.2 Å². The Kier molecular flexibility index (Phi) is 6.73. The van der Waals surface area contributed by atoms with Gasteiger partial charge in [-0.25, -0.2) is 13.8 Å². The number of carbonyl (C=O) groups excluding carboxylic acids is 2. The third-order valence-corrected chi connectivity index (χ3v) is 6.55. The van der Waals surface area contributed by atoms with Crippen LogP contribution in [0.3, 0.4) is 0 Å².